The Morgan fingerprint density at radius 1 is 1.38 bits per heavy atom. The molecule has 0 aromatic rings. The van der Waals surface area contributed by atoms with Gasteiger partial charge in [-0.15, -0.1) is 0 Å². The molecule has 92 valence electrons. The molecule has 4 heteroatoms. The second-order valence-electron chi connectivity index (χ2n) is 4.63. The van der Waals surface area contributed by atoms with Gasteiger partial charge in [0, 0.05) is 19.7 Å². The molecule has 0 bridgehead atoms. The van der Waals surface area contributed by atoms with Crippen LogP contribution in [-0.2, 0) is 9.53 Å². The summed E-state index contributed by atoms with van der Waals surface area (Å²) in [5, 5.41) is 3.27. The zero-order valence-electron chi connectivity index (χ0n) is 10.1. The van der Waals surface area contributed by atoms with E-state index in [4.69, 9.17) is 4.74 Å². The van der Waals surface area contributed by atoms with Crippen LogP contribution in [0, 0.1) is 0 Å². The molecule has 0 radical (unpaired) electrons. The molecule has 1 amide bonds. The lowest BCUT2D eigenvalue weighted by Crippen LogP contribution is -2.48. The Labute approximate surface area is 97.3 Å². The van der Waals surface area contributed by atoms with E-state index in [0.717, 1.165) is 51.9 Å². The van der Waals surface area contributed by atoms with Crippen LogP contribution < -0.4 is 5.32 Å². The van der Waals surface area contributed by atoms with Crippen LogP contribution in [0.3, 0.4) is 0 Å². The predicted molar refractivity (Wildman–Crippen MR) is 62.3 cm³/mol. The number of carbonyl (C=O) groups excluding carboxylic acids is 1. The Kier molecular flexibility index (Phi) is 4.18. The number of ether oxygens (including phenoxy) is 1. The molecule has 0 spiro atoms. The quantitative estimate of drug-likeness (QED) is 0.772. The minimum Gasteiger partial charge on any atom is -0.378 e. The zero-order chi connectivity index (χ0) is 11.4. The minimum atomic E-state index is 0.0867. The van der Waals surface area contributed by atoms with E-state index < -0.39 is 0 Å². The van der Waals surface area contributed by atoms with Crippen molar-refractivity contribution in [2.24, 2.45) is 0 Å². The first kappa shape index (κ1) is 11.9. The van der Waals surface area contributed by atoms with Crippen LogP contribution in [0.15, 0.2) is 0 Å². The fraction of sp³-hybridized carbons (Fsp3) is 0.917. The van der Waals surface area contributed by atoms with E-state index in [2.05, 4.69) is 5.32 Å². The van der Waals surface area contributed by atoms with Crippen molar-refractivity contribution in [2.45, 2.75) is 44.8 Å². The number of rotatable bonds is 3. The molecule has 0 aromatic carbocycles. The summed E-state index contributed by atoms with van der Waals surface area (Å²) in [6.45, 7) is 5.53. The van der Waals surface area contributed by atoms with Gasteiger partial charge >= 0.3 is 0 Å². The third kappa shape index (κ3) is 2.74. The molecule has 4 nitrogen and oxygen atoms in total. The second-order valence-corrected chi connectivity index (χ2v) is 4.63. The first-order chi connectivity index (χ1) is 7.81. The number of hydrogen-bond acceptors (Lipinski definition) is 3. The van der Waals surface area contributed by atoms with Crippen molar-refractivity contribution in [3.63, 3.8) is 0 Å². The summed E-state index contributed by atoms with van der Waals surface area (Å²) in [5.74, 6) is 0.299. The third-order valence-corrected chi connectivity index (χ3v) is 3.51. The Morgan fingerprint density at radius 2 is 2.12 bits per heavy atom. The lowest BCUT2D eigenvalue weighted by molar-refractivity contribution is -0.135. The average Bonchev–Trinajstić information content (AvgIpc) is 2.83. The van der Waals surface area contributed by atoms with Crippen molar-refractivity contribution in [3.8, 4) is 0 Å². The van der Waals surface area contributed by atoms with Crippen molar-refractivity contribution < 1.29 is 9.53 Å². The van der Waals surface area contributed by atoms with Gasteiger partial charge in [0.1, 0.15) is 0 Å². The first-order valence-electron chi connectivity index (χ1n) is 6.45. The molecule has 2 heterocycles. The van der Waals surface area contributed by atoms with Crippen molar-refractivity contribution in [1.82, 2.24) is 10.2 Å². The molecule has 2 aliphatic rings. The molecule has 0 aromatic heterocycles. The lowest BCUT2D eigenvalue weighted by atomic mass is 10.1. The van der Waals surface area contributed by atoms with Gasteiger partial charge in [-0.1, -0.05) is 0 Å². The average molecular weight is 226 g/mol. The molecule has 1 unspecified atom stereocenters. The number of amides is 1. The number of nitrogens with zero attached hydrogens (tertiary/aromatic N) is 1. The van der Waals surface area contributed by atoms with E-state index in [1.54, 1.807) is 0 Å². The maximum atomic E-state index is 12.1. The summed E-state index contributed by atoms with van der Waals surface area (Å²) in [6, 6.07) is 0.0867. The fourth-order valence-electron chi connectivity index (χ4n) is 2.59. The van der Waals surface area contributed by atoms with E-state index in [1.807, 2.05) is 11.8 Å². The van der Waals surface area contributed by atoms with Crippen LogP contribution in [0.5, 0.6) is 0 Å². The zero-order valence-corrected chi connectivity index (χ0v) is 10.1. The predicted octanol–water partition coefficient (Wildman–Crippen LogP) is 0.766. The molecule has 0 aliphatic carbocycles. The molecular weight excluding hydrogens is 204 g/mol. The van der Waals surface area contributed by atoms with E-state index in [9.17, 15) is 4.79 Å². The van der Waals surface area contributed by atoms with Gasteiger partial charge in [-0.25, -0.2) is 0 Å². The number of nitrogens with one attached hydrogen (secondary N) is 1. The normalized spacial score (nSPS) is 27.3. The number of piperidine rings is 1. The largest absolute Gasteiger partial charge is 0.378 e. The summed E-state index contributed by atoms with van der Waals surface area (Å²) in [4.78, 5) is 14.1. The minimum absolute atomic E-state index is 0.0867. The third-order valence-electron chi connectivity index (χ3n) is 3.51. The SMILES string of the molecule is CCOC1CCN(C(=O)C2CCCN2)CC1. The maximum absolute atomic E-state index is 12.1. The highest BCUT2D eigenvalue weighted by atomic mass is 16.5. The number of hydrogen-bond donors (Lipinski definition) is 1. The molecular formula is C12H22N2O2. The fourth-order valence-corrected chi connectivity index (χ4v) is 2.59. The van der Waals surface area contributed by atoms with Crippen molar-refractivity contribution in [1.29, 1.82) is 0 Å². The summed E-state index contributed by atoms with van der Waals surface area (Å²) in [7, 11) is 0. The van der Waals surface area contributed by atoms with Crippen LogP contribution in [-0.4, -0.2) is 49.2 Å². The van der Waals surface area contributed by atoms with Crippen LogP contribution >= 0.6 is 0 Å². The molecule has 0 saturated carbocycles. The van der Waals surface area contributed by atoms with E-state index >= 15 is 0 Å². The van der Waals surface area contributed by atoms with Crippen molar-refractivity contribution in [3.05, 3.63) is 0 Å². The van der Waals surface area contributed by atoms with Crippen molar-refractivity contribution >= 4 is 5.91 Å². The molecule has 2 saturated heterocycles. The van der Waals surface area contributed by atoms with Crippen LogP contribution in [0.25, 0.3) is 0 Å². The van der Waals surface area contributed by atoms with Crippen molar-refractivity contribution in [2.75, 3.05) is 26.2 Å². The summed E-state index contributed by atoms with van der Waals surface area (Å²) in [6.07, 6.45) is 4.49. The van der Waals surface area contributed by atoms with Crippen LogP contribution in [0.1, 0.15) is 32.6 Å². The lowest BCUT2D eigenvalue weighted by Gasteiger charge is -2.33. The smallest absolute Gasteiger partial charge is 0.239 e. The highest BCUT2D eigenvalue weighted by Crippen LogP contribution is 2.16. The van der Waals surface area contributed by atoms with Gasteiger partial charge in [0.15, 0.2) is 0 Å². The second kappa shape index (κ2) is 5.64. The highest BCUT2D eigenvalue weighted by Gasteiger charge is 2.29. The first-order valence-corrected chi connectivity index (χ1v) is 6.45. The molecule has 1 N–H and O–H groups in total. The van der Waals surface area contributed by atoms with Gasteiger partial charge in [0.25, 0.3) is 0 Å². The topological polar surface area (TPSA) is 41.6 Å². The van der Waals surface area contributed by atoms with Gasteiger partial charge < -0.3 is 15.0 Å². The van der Waals surface area contributed by atoms with Gasteiger partial charge in [0.2, 0.25) is 5.91 Å². The van der Waals surface area contributed by atoms with Crippen LogP contribution in [0.2, 0.25) is 0 Å². The Morgan fingerprint density at radius 3 is 2.69 bits per heavy atom. The van der Waals surface area contributed by atoms with E-state index in [1.165, 1.54) is 0 Å². The van der Waals surface area contributed by atoms with Gasteiger partial charge in [-0.2, -0.15) is 0 Å². The maximum Gasteiger partial charge on any atom is 0.239 e. The summed E-state index contributed by atoms with van der Waals surface area (Å²) < 4.78 is 5.58. The Bertz CT molecular complexity index is 231. The van der Waals surface area contributed by atoms with E-state index in [0.29, 0.717) is 12.0 Å². The molecule has 2 rings (SSSR count). The summed E-state index contributed by atoms with van der Waals surface area (Å²) in [5.41, 5.74) is 0. The molecule has 2 fully saturated rings. The van der Waals surface area contributed by atoms with Gasteiger partial charge in [0.05, 0.1) is 12.1 Å². The standard InChI is InChI=1S/C12H22N2O2/c1-2-16-10-5-8-14(9-6-10)12(15)11-4-3-7-13-11/h10-11,13H,2-9H2,1H3. The molecule has 1 atom stereocenters. The monoisotopic (exact) mass is 226 g/mol. The Balaban J connectivity index is 1.77. The van der Waals surface area contributed by atoms with E-state index in [-0.39, 0.29) is 6.04 Å². The van der Waals surface area contributed by atoms with Crippen LogP contribution in [0.4, 0.5) is 0 Å². The molecule has 2 aliphatic heterocycles. The molecule has 16 heavy (non-hydrogen) atoms. The van der Waals surface area contributed by atoms with Gasteiger partial charge in [-0.05, 0) is 39.2 Å². The Hall–Kier alpha value is -0.610. The number of carbonyl (C=O) groups is 1. The summed E-state index contributed by atoms with van der Waals surface area (Å²) >= 11 is 0. The van der Waals surface area contributed by atoms with Gasteiger partial charge in [-0.3, -0.25) is 4.79 Å². The number of likely N-dealkylation sites (tertiary alicyclic amines) is 1. The highest BCUT2D eigenvalue weighted by molar-refractivity contribution is 5.82.